The first-order valence-corrected chi connectivity index (χ1v) is 9.86. The van der Waals surface area contributed by atoms with Crippen LogP contribution in [0, 0.1) is 6.92 Å². The molecule has 3 heterocycles. The number of nitrogens with zero attached hydrogens (tertiary/aromatic N) is 3. The van der Waals surface area contributed by atoms with Gasteiger partial charge in [0.15, 0.2) is 5.69 Å². The summed E-state index contributed by atoms with van der Waals surface area (Å²) in [4.78, 5) is 20.9. The van der Waals surface area contributed by atoms with Crippen molar-refractivity contribution in [3.63, 3.8) is 0 Å². The molecule has 1 aromatic carbocycles. The van der Waals surface area contributed by atoms with Gasteiger partial charge in [0.25, 0.3) is 5.56 Å². The van der Waals surface area contributed by atoms with Crippen molar-refractivity contribution in [1.82, 2.24) is 9.36 Å². The largest absolute Gasteiger partial charge is 0.297 e. The van der Waals surface area contributed by atoms with Crippen LogP contribution in [0.1, 0.15) is 10.6 Å². The Labute approximate surface area is 159 Å². The van der Waals surface area contributed by atoms with Gasteiger partial charge < -0.3 is 0 Å². The van der Waals surface area contributed by atoms with E-state index in [0.717, 1.165) is 16.3 Å². The first kappa shape index (κ1) is 16.8. The van der Waals surface area contributed by atoms with E-state index in [1.54, 1.807) is 33.6 Å². The summed E-state index contributed by atoms with van der Waals surface area (Å²) < 4.78 is 3.49. The smallest absolute Gasteiger partial charge is 0.283 e. The molecular weight excluding hydrogens is 362 g/mol. The van der Waals surface area contributed by atoms with Crippen LogP contribution in [0.15, 0.2) is 69.8 Å². The molecule has 4 nitrogen and oxygen atoms in total. The van der Waals surface area contributed by atoms with E-state index in [-0.39, 0.29) is 5.56 Å². The van der Waals surface area contributed by atoms with E-state index in [2.05, 4.69) is 22.5 Å². The van der Waals surface area contributed by atoms with Crippen LogP contribution in [0.4, 0.5) is 5.69 Å². The number of aliphatic imine (C=N–C) groups is 1. The lowest BCUT2D eigenvalue weighted by atomic mass is 10.3. The zero-order chi connectivity index (χ0) is 18.1. The predicted molar refractivity (Wildman–Crippen MR) is 111 cm³/mol. The monoisotopic (exact) mass is 379 g/mol. The summed E-state index contributed by atoms with van der Waals surface area (Å²) in [7, 11) is 1.88. The van der Waals surface area contributed by atoms with Gasteiger partial charge in [0.05, 0.1) is 11.4 Å². The second kappa shape index (κ2) is 6.90. The predicted octanol–water partition coefficient (Wildman–Crippen LogP) is 5.03. The maximum absolute atomic E-state index is 12.9. The van der Waals surface area contributed by atoms with Gasteiger partial charge in [-0.2, -0.15) is 0 Å². The second-order valence-corrected chi connectivity index (χ2v) is 7.91. The van der Waals surface area contributed by atoms with E-state index < -0.39 is 0 Å². The number of thiophene rings is 2. The molecule has 0 aliphatic heterocycles. The van der Waals surface area contributed by atoms with Gasteiger partial charge in [0.2, 0.25) is 0 Å². The van der Waals surface area contributed by atoms with Gasteiger partial charge in [0.1, 0.15) is 0 Å². The zero-order valence-corrected chi connectivity index (χ0v) is 16.1. The molecule has 4 aromatic rings. The average Bonchev–Trinajstić information content (AvgIpc) is 3.37. The minimum absolute atomic E-state index is 0.109. The maximum Gasteiger partial charge on any atom is 0.297 e. The van der Waals surface area contributed by atoms with Gasteiger partial charge in [0, 0.05) is 27.9 Å². The van der Waals surface area contributed by atoms with Crippen molar-refractivity contribution in [2.24, 2.45) is 12.0 Å². The van der Waals surface area contributed by atoms with Crippen LogP contribution in [-0.4, -0.2) is 15.6 Å². The number of hydrogen-bond donors (Lipinski definition) is 0. The summed E-state index contributed by atoms with van der Waals surface area (Å²) in [5.41, 5.74) is 2.04. The van der Waals surface area contributed by atoms with Gasteiger partial charge in [-0.1, -0.05) is 24.3 Å². The first-order valence-electron chi connectivity index (χ1n) is 8.17. The Bertz CT molecular complexity index is 1120. The molecule has 0 N–H and O–H groups in total. The van der Waals surface area contributed by atoms with Crippen LogP contribution < -0.4 is 5.56 Å². The molecule has 3 aromatic heterocycles. The van der Waals surface area contributed by atoms with Crippen LogP contribution in [-0.2, 0) is 7.05 Å². The van der Waals surface area contributed by atoms with Crippen LogP contribution in [0.5, 0.6) is 0 Å². The molecule has 4 rings (SSSR count). The van der Waals surface area contributed by atoms with E-state index in [9.17, 15) is 4.79 Å². The van der Waals surface area contributed by atoms with Gasteiger partial charge in [-0.15, -0.1) is 22.7 Å². The summed E-state index contributed by atoms with van der Waals surface area (Å²) in [5.74, 6) is 0. The van der Waals surface area contributed by atoms with Crippen molar-refractivity contribution in [3.8, 4) is 15.4 Å². The van der Waals surface area contributed by atoms with Crippen molar-refractivity contribution >= 4 is 34.6 Å². The fourth-order valence-corrected chi connectivity index (χ4v) is 4.52. The molecule has 0 spiro atoms. The highest BCUT2D eigenvalue weighted by molar-refractivity contribution is 7.22. The summed E-state index contributed by atoms with van der Waals surface area (Å²) >= 11 is 3.40. The summed E-state index contributed by atoms with van der Waals surface area (Å²) in [6.45, 7) is 1.92. The lowest BCUT2D eigenvalue weighted by molar-refractivity contribution is 0.630. The lowest BCUT2D eigenvalue weighted by Crippen LogP contribution is -2.19. The Hall–Kier alpha value is -2.70. The number of hydrogen-bond acceptors (Lipinski definition) is 4. The molecular formula is C20H17N3OS2. The summed E-state index contributed by atoms with van der Waals surface area (Å²) in [5, 5.41) is 2.07. The Morgan fingerprint density at radius 1 is 1.00 bits per heavy atom. The van der Waals surface area contributed by atoms with E-state index in [1.807, 2.05) is 61.1 Å². The minimum atomic E-state index is -0.109. The molecule has 130 valence electrons. The van der Waals surface area contributed by atoms with Crippen LogP contribution in [0.2, 0.25) is 0 Å². The summed E-state index contributed by atoms with van der Waals surface area (Å²) in [6.07, 6.45) is 1.78. The Morgan fingerprint density at radius 3 is 2.54 bits per heavy atom. The third kappa shape index (κ3) is 2.98. The number of para-hydroxylation sites is 1. The molecule has 6 heteroatoms. The molecule has 0 amide bonds. The van der Waals surface area contributed by atoms with Gasteiger partial charge >= 0.3 is 0 Å². The minimum Gasteiger partial charge on any atom is -0.283 e. The van der Waals surface area contributed by atoms with Gasteiger partial charge in [-0.3, -0.25) is 9.48 Å². The highest BCUT2D eigenvalue weighted by Gasteiger charge is 2.15. The third-order valence-electron chi connectivity index (χ3n) is 4.24. The molecule has 0 atom stereocenters. The van der Waals surface area contributed by atoms with Crippen molar-refractivity contribution in [2.75, 3.05) is 0 Å². The van der Waals surface area contributed by atoms with Crippen LogP contribution in [0.25, 0.3) is 15.4 Å². The standard InChI is InChI=1S/C20H17N3OS2/c1-14-19(20(24)23(22(14)2)15-7-4-3-5-8-15)21-13-16-10-11-18(26-16)17-9-6-12-25-17/h3-13H,1-2H3. The summed E-state index contributed by atoms with van der Waals surface area (Å²) in [6, 6.07) is 17.9. The van der Waals surface area contributed by atoms with E-state index in [0.29, 0.717) is 5.69 Å². The molecule has 0 radical (unpaired) electrons. The molecule has 26 heavy (non-hydrogen) atoms. The van der Waals surface area contributed by atoms with E-state index >= 15 is 0 Å². The zero-order valence-electron chi connectivity index (χ0n) is 14.4. The lowest BCUT2D eigenvalue weighted by Gasteiger charge is -2.07. The van der Waals surface area contributed by atoms with E-state index in [1.165, 1.54) is 9.75 Å². The van der Waals surface area contributed by atoms with E-state index in [4.69, 9.17) is 0 Å². The van der Waals surface area contributed by atoms with Gasteiger partial charge in [-0.25, -0.2) is 9.67 Å². The molecule has 0 saturated carbocycles. The number of benzene rings is 1. The Balaban J connectivity index is 1.69. The van der Waals surface area contributed by atoms with Crippen molar-refractivity contribution in [2.45, 2.75) is 6.92 Å². The van der Waals surface area contributed by atoms with Gasteiger partial charge in [-0.05, 0) is 42.6 Å². The van der Waals surface area contributed by atoms with Crippen molar-refractivity contribution in [1.29, 1.82) is 0 Å². The maximum atomic E-state index is 12.9. The molecule has 0 fully saturated rings. The van der Waals surface area contributed by atoms with Crippen LogP contribution >= 0.6 is 22.7 Å². The Kier molecular flexibility index (Phi) is 4.44. The normalized spacial score (nSPS) is 11.5. The second-order valence-electron chi connectivity index (χ2n) is 5.85. The number of aromatic nitrogens is 2. The SMILES string of the molecule is Cc1c(N=Cc2ccc(-c3cccs3)s2)c(=O)n(-c2ccccc2)n1C. The van der Waals surface area contributed by atoms with Crippen molar-refractivity contribution in [3.05, 3.63) is 80.9 Å². The fourth-order valence-electron chi connectivity index (χ4n) is 2.80. The Morgan fingerprint density at radius 2 is 1.81 bits per heavy atom. The molecule has 0 aliphatic carbocycles. The number of rotatable bonds is 4. The molecule has 0 unspecified atom stereocenters. The highest BCUT2D eigenvalue weighted by atomic mass is 32.1. The average molecular weight is 380 g/mol. The molecule has 0 bridgehead atoms. The third-order valence-corrected chi connectivity index (χ3v) is 6.32. The topological polar surface area (TPSA) is 39.3 Å². The van der Waals surface area contributed by atoms with Crippen molar-refractivity contribution < 1.29 is 0 Å². The molecule has 0 saturated heterocycles. The first-order chi connectivity index (χ1) is 12.6. The quantitative estimate of drug-likeness (QED) is 0.459. The van der Waals surface area contributed by atoms with Crippen LogP contribution in [0.3, 0.4) is 0 Å². The highest BCUT2D eigenvalue weighted by Crippen LogP contribution is 2.31. The molecule has 0 aliphatic rings. The fraction of sp³-hybridized carbons (Fsp3) is 0.100.